The van der Waals surface area contributed by atoms with Crippen LogP contribution in [0.2, 0.25) is 0 Å². The Morgan fingerprint density at radius 3 is 2.93 bits per heavy atom. The number of carbonyl (C=O) groups excluding carboxylic acids is 1. The van der Waals surface area contributed by atoms with Crippen molar-refractivity contribution >= 4 is 33.5 Å². The second-order valence-corrected chi connectivity index (χ2v) is 6.86. The predicted octanol–water partition coefficient (Wildman–Crippen LogP) is 2.85. The number of carbonyl (C=O) groups is 1. The Kier molecular flexibility index (Phi) is 5.75. The molecule has 1 aromatic carbocycles. The first-order chi connectivity index (χ1) is 13.3. The summed E-state index contributed by atoms with van der Waals surface area (Å²) < 4.78 is 38.8. The molecule has 1 aliphatic rings. The van der Waals surface area contributed by atoms with Gasteiger partial charge < -0.3 is 20.3 Å². The molecule has 2 heterocycles. The number of hydrogen-bond donors (Lipinski definition) is 3. The smallest absolute Gasteiger partial charge is 0.418 e. The van der Waals surface area contributed by atoms with Crippen molar-refractivity contribution < 1.29 is 28.2 Å². The third kappa shape index (κ3) is 4.20. The molecular formula is C17H15BrF2N4O4. The molecule has 0 saturated heterocycles. The van der Waals surface area contributed by atoms with E-state index in [-0.39, 0.29) is 41.9 Å². The van der Waals surface area contributed by atoms with Crippen LogP contribution >= 0.6 is 15.9 Å². The highest BCUT2D eigenvalue weighted by molar-refractivity contribution is 9.10. The number of hydrogen-bond acceptors (Lipinski definition) is 7. The van der Waals surface area contributed by atoms with Crippen LogP contribution in [-0.2, 0) is 10.3 Å². The second-order valence-electron chi connectivity index (χ2n) is 5.95. The van der Waals surface area contributed by atoms with Gasteiger partial charge >= 0.3 is 6.09 Å². The zero-order valence-corrected chi connectivity index (χ0v) is 15.9. The van der Waals surface area contributed by atoms with E-state index in [0.717, 1.165) is 6.07 Å². The molecule has 0 radical (unpaired) electrons. The van der Waals surface area contributed by atoms with Gasteiger partial charge in [0.25, 0.3) is 5.88 Å². The Morgan fingerprint density at radius 1 is 1.46 bits per heavy atom. The Bertz CT molecular complexity index is 943. The molecule has 4 N–H and O–H groups in total. The lowest BCUT2D eigenvalue weighted by molar-refractivity contribution is 0.0809. The summed E-state index contributed by atoms with van der Waals surface area (Å²) in [7, 11) is 0. The third-order valence-corrected chi connectivity index (χ3v) is 4.31. The van der Waals surface area contributed by atoms with Gasteiger partial charge in [-0.3, -0.25) is 10.3 Å². The molecule has 8 nitrogen and oxygen atoms in total. The quantitative estimate of drug-likeness (QED) is 0.650. The number of aromatic hydroxyl groups is 1. The molecule has 0 spiro atoms. The fourth-order valence-corrected chi connectivity index (χ4v) is 2.95. The first kappa shape index (κ1) is 20.0. The Balaban J connectivity index is 1.83. The molecule has 0 aliphatic carbocycles. The second kappa shape index (κ2) is 8.07. The number of nitrogens with one attached hydrogen (secondary N) is 1. The molecule has 3 rings (SSSR count). The molecular weight excluding hydrogens is 442 g/mol. The van der Waals surface area contributed by atoms with Crippen molar-refractivity contribution in [3.8, 4) is 11.6 Å². The van der Waals surface area contributed by atoms with Crippen LogP contribution in [0.1, 0.15) is 5.56 Å². The summed E-state index contributed by atoms with van der Waals surface area (Å²) in [6.45, 7) is -1.22. The molecule has 1 aromatic heterocycles. The minimum Gasteiger partial charge on any atom is -0.503 e. The van der Waals surface area contributed by atoms with E-state index in [1.165, 1.54) is 24.4 Å². The lowest BCUT2D eigenvalue weighted by Crippen LogP contribution is -2.42. The molecule has 1 amide bonds. The molecule has 148 valence electrons. The molecule has 2 aromatic rings. The number of benzene rings is 1. The van der Waals surface area contributed by atoms with Gasteiger partial charge in [-0.2, -0.15) is 0 Å². The van der Waals surface area contributed by atoms with E-state index in [1.54, 1.807) is 0 Å². The van der Waals surface area contributed by atoms with E-state index in [9.17, 15) is 18.7 Å². The van der Waals surface area contributed by atoms with Gasteiger partial charge in [0.1, 0.15) is 30.5 Å². The fraction of sp³-hybridized carbons (Fsp3) is 0.235. The number of ether oxygens (including phenoxy) is 2. The average Bonchev–Trinajstić information content (AvgIpc) is 2.65. The number of alkyl halides is 1. The lowest BCUT2D eigenvalue weighted by Gasteiger charge is -2.31. The number of pyridine rings is 1. The first-order valence-electron chi connectivity index (χ1n) is 7.94. The van der Waals surface area contributed by atoms with Crippen molar-refractivity contribution in [2.24, 2.45) is 10.7 Å². The molecule has 0 fully saturated rings. The van der Waals surface area contributed by atoms with Crippen LogP contribution in [0, 0.1) is 5.82 Å². The molecule has 11 heteroatoms. The number of anilines is 1. The van der Waals surface area contributed by atoms with Crippen LogP contribution in [0.4, 0.5) is 19.3 Å². The largest absolute Gasteiger partial charge is 0.503 e. The van der Waals surface area contributed by atoms with Crippen molar-refractivity contribution in [1.29, 1.82) is 0 Å². The van der Waals surface area contributed by atoms with Crippen molar-refractivity contribution in [1.82, 2.24) is 4.98 Å². The summed E-state index contributed by atoms with van der Waals surface area (Å²) in [4.78, 5) is 19.9. The highest BCUT2D eigenvalue weighted by atomic mass is 79.9. The van der Waals surface area contributed by atoms with E-state index in [4.69, 9.17) is 15.2 Å². The third-order valence-electron chi connectivity index (χ3n) is 3.87. The molecule has 0 bridgehead atoms. The molecule has 1 atom stereocenters. The lowest BCUT2D eigenvalue weighted by atomic mass is 9.91. The summed E-state index contributed by atoms with van der Waals surface area (Å²) in [5.41, 5.74) is 3.97. The summed E-state index contributed by atoms with van der Waals surface area (Å²) >= 11 is 3.11. The molecule has 0 saturated carbocycles. The van der Waals surface area contributed by atoms with Crippen LogP contribution < -0.4 is 15.8 Å². The highest BCUT2D eigenvalue weighted by Gasteiger charge is 2.38. The molecule has 28 heavy (non-hydrogen) atoms. The van der Waals surface area contributed by atoms with E-state index in [0.29, 0.717) is 4.47 Å². The Labute approximate surface area is 166 Å². The van der Waals surface area contributed by atoms with Gasteiger partial charge in [0.15, 0.2) is 5.75 Å². The predicted molar refractivity (Wildman–Crippen MR) is 99.7 cm³/mol. The van der Waals surface area contributed by atoms with E-state index >= 15 is 0 Å². The number of amides is 1. The Hall–Kier alpha value is -2.79. The van der Waals surface area contributed by atoms with E-state index < -0.39 is 24.1 Å². The normalized spacial score (nSPS) is 19.0. The number of rotatable bonds is 4. The number of nitrogens with two attached hydrogens (primary N) is 1. The molecule has 1 aliphatic heterocycles. The number of aromatic nitrogens is 1. The summed E-state index contributed by atoms with van der Waals surface area (Å²) in [6.07, 6.45) is 0.342. The monoisotopic (exact) mass is 456 g/mol. The minimum atomic E-state index is -1.64. The summed E-state index contributed by atoms with van der Waals surface area (Å²) in [6, 6.07) is 4.83. The average molecular weight is 457 g/mol. The SMILES string of the molecule is NC1=N[C@](CF)(c2cc(NC(=O)Oc3ncc(Br)cc3O)ccc2F)COC1. The van der Waals surface area contributed by atoms with Crippen molar-refractivity contribution in [2.75, 3.05) is 25.2 Å². The van der Waals surface area contributed by atoms with Crippen LogP contribution in [0.5, 0.6) is 11.6 Å². The Morgan fingerprint density at radius 2 is 2.25 bits per heavy atom. The maximum absolute atomic E-state index is 14.4. The van der Waals surface area contributed by atoms with Crippen LogP contribution in [0.25, 0.3) is 0 Å². The molecule has 0 unspecified atom stereocenters. The van der Waals surface area contributed by atoms with Crippen LogP contribution in [0.3, 0.4) is 0 Å². The maximum atomic E-state index is 14.4. The number of aliphatic imine (C=N–C) groups is 1. The van der Waals surface area contributed by atoms with Crippen molar-refractivity contribution in [2.45, 2.75) is 5.54 Å². The van der Waals surface area contributed by atoms with E-state index in [2.05, 4.69) is 31.2 Å². The van der Waals surface area contributed by atoms with Crippen molar-refractivity contribution in [3.05, 3.63) is 46.3 Å². The van der Waals surface area contributed by atoms with Gasteiger partial charge in [-0.15, -0.1) is 0 Å². The van der Waals surface area contributed by atoms with Crippen LogP contribution in [0.15, 0.2) is 39.9 Å². The highest BCUT2D eigenvalue weighted by Crippen LogP contribution is 2.33. The minimum absolute atomic E-state index is 0.0251. The van der Waals surface area contributed by atoms with Gasteiger partial charge in [-0.05, 0) is 34.1 Å². The van der Waals surface area contributed by atoms with Gasteiger partial charge in [0.05, 0.1) is 6.61 Å². The van der Waals surface area contributed by atoms with Gasteiger partial charge in [0, 0.05) is 28.0 Å². The van der Waals surface area contributed by atoms with Gasteiger partial charge in [0.2, 0.25) is 0 Å². The zero-order valence-electron chi connectivity index (χ0n) is 14.3. The summed E-state index contributed by atoms with van der Waals surface area (Å²) in [5, 5.41) is 12.1. The van der Waals surface area contributed by atoms with Gasteiger partial charge in [-0.1, -0.05) is 0 Å². The first-order valence-corrected chi connectivity index (χ1v) is 8.73. The summed E-state index contributed by atoms with van der Waals surface area (Å²) in [5.74, 6) is -1.37. The number of nitrogens with zero attached hydrogens (tertiary/aromatic N) is 2. The van der Waals surface area contributed by atoms with Crippen molar-refractivity contribution in [3.63, 3.8) is 0 Å². The van der Waals surface area contributed by atoms with E-state index in [1.807, 2.05) is 0 Å². The number of halogens is 3. The topological polar surface area (TPSA) is 119 Å². The standard InChI is InChI=1S/C17H15BrF2N4O4/c18-9-3-13(25)15(22-5-9)28-16(26)23-10-1-2-12(20)11(4-10)17(7-19)8-27-6-14(21)24-17/h1-5,25H,6-8H2,(H2,21,24)(H,23,26)/t17-/m0/s1. The number of amidine groups is 1. The maximum Gasteiger partial charge on any atom is 0.418 e. The van der Waals surface area contributed by atoms with Crippen LogP contribution in [-0.4, -0.2) is 41.9 Å². The zero-order chi connectivity index (χ0) is 20.3. The van der Waals surface area contributed by atoms with Gasteiger partial charge in [-0.25, -0.2) is 18.6 Å². The fourth-order valence-electron chi connectivity index (χ4n) is 2.63.